The summed E-state index contributed by atoms with van der Waals surface area (Å²) in [6, 6.07) is 14.0. The number of rotatable bonds is 4. The molecule has 0 aliphatic carbocycles. The fraction of sp³-hybridized carbons (Fsp3) is 0.235. The van der Waals surface area contributed by atoms with Gasteiger partial charge in [0.2, 0.25) is 0 Å². The van der Waals surface area contributed by atoms with E-state index in [9.17, 15) is 13.2 Å². The molecule has 0 aliphatic heterocycles. The first-order valence-corrected chi connectivity index (χ1v) is 8.73. The van der Waals surface area contributed by atoms with Crippen molar-refractivity contribution in [3.63, 3.8) is 0 Å². The second-order valence-electron chi connectivity index (χ2n) is 5.99. The monoisotopic (exact) mass is 349 g/mol. The SMILES string of the molecule is CC(C)(C)Oc1ccc(S(=O)(=O)NC(=O)Oc2ccccc2)cc1. The van der Waals surface area contributed by atoms with E-state index in [1.54, 1.807) is 30.3 Å². The van der Waals surface area contributed by atoms with Crippen LogP contribution in [0.1, 0.15) is 20.8 Å². The van der Waals surface area contributed by atoms with Gasteiger partial charge in [-0.25, -0.2) is 17.9 Å². The van der Waals surface area contributed by atoms with Gasteiger partial charge in [0.25, 0.3) is 10.0 Å². The van der Waals surface area contributed by atoms with E-state index in [1.807, 2.05) is 25.5 Å². The van der Waals surface area contributed by atoms with Crippen molar-refractivity contribution in [1.29, 1.82) is 0 Å². The van der Waals surface area contributed by atoms with E-state index >= 15 is 0 Å². The van der Waals surface area contributed by atoms with Crippen molar-refractivity contribution in [3.05, 3.63) is 54.6 Å². The first kappa shape index (κ1) is 17.8. The summed E-state index contributed by atoms with van der Waals surface area (Å²) in [7, 11) is -4.02. The normalized spacial score (nSPS) is 11.6. The number of sulfonamides is 1. The first-order chi connectivity index (χ1) is 11.2. The molecule has 128 valence electrons. The van der Waals surface area contributed by atoms with Gasteiger partial charge in [0, 0.05) is 0 Å². The van der Waals surface area contributed by atoms with Crippen molar-refractivity contribution in [2.24, 2.45) is 0 Å². The quantitative estimate of drug-likeness (QED) is 0.915. The predicted octanol–water partition coefficient (Wildman–Crippen LogP) is 3.34. The molecule has 1 amide bonds. The third-order valence-corrected chi connectivity index (χ3v) is 4.06. The molecule has 2 aromatic carbocycles. The van der Waals surface area contributed by atoms with Gasteiger partial charge < -0.3 is 9.47 Å². The Hall–Kier alpha value is -2.54. The highest BCUT2D eigenvalue weighted by atomic mass is 32.2. The zero-order chi connectivity index (χ0) is 17.8. The summed E-state index contributed by atoms with van der Waals surface area (Å²) in [6.45, 7) is 5.66. The molecule has 7 heteroatoms. The number of hydrogen-bond acceptors (Lipinski definition) is 5. The summed E-state index contributed by atoms with van der Waals surface area (Å²) in [5, 5.41) is 0. The molecule has 6 nitrogen and oxygen atoms in total. The van der Waals surface area contributed by atoms with Crippen LogP contribution in [-0.4, -0.2) is 20.1 Å². The first-order valence-electron chi connectivity index (χ1n) is 7.24. The molecule has 0 unspecified atom stereocenters. The highest BCUT2D eigenvalue weighted by molar-refractivity contribution is 7.90. The Balaban J connectivity index is 2.05. The zero-order valence-corrected chi connectivity index (χ0v) is 14.5. The minimum atomic E-state index is -4.02. The van der Waals surface area contributed by atoms with E-state index in [2.05, 4.69) is 0 Å². The largest absolute Gasteiger partial charge is 0.488 e. The van der Waals surface area contributed by atoms with E-state index in [0.717, 1.165) is 0 Å². The predicted molar refractivity (Wildman–Crippen MR) is 89.6 cm³/mol. The van der Waals surface area contributed by atoms with Gasteiger partial charge in [0.1, 0.15) is 17.1 Å². The fourth-order valence-corrected chi connectivity index (χ4v) is 2.70. The van der Waals surface area contributed by atoms with Crippen molar-refractivity contribution in [2.45, 2.75) is 31.3 Å². The number of hydrogen-bond donors (Lipinski definition) is 1. The summed E-state index contributed by atoms with van der Waals surface area (Å²) in [4.78, 5) is 11.7. The third kappa shape index (κ3) is 5.27. The Kier molecular flexibility index (Phi) is 5.14. The Morgan fingerprint density at radius 2 is 1.50 bits per heavy atom. The van der Waals surface area contributed by atoms with E-state index in [0.29, 0.717) is 5.75 Å². The smallest absolute Gasteiger partial charge is 0.426 e. The maximum Gasteiger partial charge on any atom is 0.426 e. The fourth-order valence-electron chi connectivity index (χ4n) is 1.83. The van der Waals surface area contributed by atoms with Crippen LogP contribution in [0.3, 0.4) is 0 Å². The summed E-state index contributed by atoms with van der Waals surface area (Å²) in [5.74, 6) is 0.785. The van der Waals surface area contributed by atoms with Crippen molar-refractivity contribution >= 4 is 16.1 Å². The van der Waals surface area contributed by atoms with Crippen LogP contribution in [0.25, 0.3) is 0 Å². The molecule has 0 heterocycles. The van der Waals surface area contributed by atoms with Crippen molar-refractivity contribution in [3.8, 4) is 11.5 Å². The van der Waals surface area contributed by atoms with Crippen LogP contribution in [0.5, 0.6) is 11.5 Å². The lowest BCUT2D eigenvalue weighted by Gasteiger charge is -2.21. The number of carbonyl (C=O) groups excluding carboxylic acids is 1. The average Bonchev–Trinajstić information content (AvgIpc) is 2.46. The van der Waals surface area contributed by atoms with Crippen LogP contribution in [-0.2, 0) is 10.0 Å². The molecule has 2 aromatic rings. The zero-order valence-electron chi connectivity index (χ0n) is 13.6. The van der Waals surface area contributed by atoms with Crippen LogP contribution < -0.4 is 14.2 Å². The maximum atomic E-state index is 12.2. The maximum absolute atomic E-state index is 12.2. The van der Waals surface area contributed by atoms with Crippen LogP contribution in [0.15, 0.2) is 59.5 Å². The molecule has 0 aliphatic rings. The second kappa shape index (κ2) is 6.92. The molecule has 0 aromatic heterocycles. The standard InChI is InChI=1S/C17H19NO5S/c1-17(2,3)23-14-9-11-15(12-10-14)24(20,21)18-16(19)22-13-7-5-4-6-8-13/h4-12H,1-3H3,(H,18,19). The van der Waals surface area contributed by atoms with Gasteiger partial charge >= 0.3 is 6.09 Å². The molecule has 2 rings (SSSR count). The Bertz CT molecular complexity index is 793. The highest BCUT2D eigenvalue weighted by Gasteiger charge is 2.19. The van der Waals surface area contributed by atoms with E-state index in [-0.39, 0.29) is 10.6 Å². The number of benzene rings is 2. The van der Waals surface area contributed by atoms with Crippen molar-refractivity contribution < 1.29 is 22.7 Å². The van der Waals surface area contributed by atoms with Crippen LogP contribution in [0, 0.1) is 0 Å². The Morgan fingerprint density at radius 1 is 0.917 bits per heavy atom. The Morgan fingerprint density at radius 3 is 2.04 bits per heavy atom. The summed E-state index contributed by atoms with van der Waals surface area (Å²) in [5.41, 5.74) is -0.391. The lowest BCUT2D eigenvalue weighted by atomic mass is 10.2. The molecule has 24 heavy (non-hydrogen) atoms. The molecule has 0 atom stereocenters. The molecule has 0 fully saturated rings. The van der Waals surface area contributed by atoms with Crippen LogP contribution in [0.4, 0.5) is 4.79 Å². The number of para-hydroxylation sites is 1. The van der Waals surface area contributed by atoms with Gasteiger partial charge in [-0.05, 0) is 57.2 Å². The number of carbonyl (C=O) groups is 1. The van der Waals surface area contributed by atoms with Gasteiger partial charge in [-0.2, -0.15) is 0 Å². The van der Waals surface area contributed by atoms with Gasteiger partial charge in [-0.1, -0.05) is 18.2 Å². The molecule has 0 saturated heterocycles. The minimum Gasteiger partial charge on any atom is -0.488 e. The van der Waals surface area contributed by atoms with Gasteiger partial charge in [-0.3, -0.25) is 0 Å². The summed E-state index contributed by atoms with van der Waals surface area (Å²) in [6.07, 6.45) is -1.07. The second-order valence-corrected chi connectivity index (χ2v) is 7.68. The van der Waals surface area contributed by atoms with Crippen molar-refractivity contribution in [1.82, 2.24) is 4.72 Å². The molecule has 0 bridgehead atoms. The summed E-state index contributed by atoms with van der Waals surface area (Å²) >= 11 is 0. The molecule has 1 N–H and O–H groups in total. The third-order valence-electron chi connectivity index (χ3n) is 2.73. The highest BCUT2D eigenvalue weighted by Crippen LogP contribution is 2.20. The van der Waals surface area contributed by atoms with E-state index in [4.69, 9.17) is 9.47 Å². The number of amides is 1. The van der Waals surface area contributed by atoms with Crippen LogP contribution in [0.2, 0.25) is 0 Å². The van der Waals surface area contributed by atoms with E-state index < -0.39 is 21.7 Å². The van der Waals surface area contributed by atoms with Gasteiger partial charge in [0.05, 0.1) is 4.90 Å². The van der Waals surface area contributed by atoms with Gasteiger partial charge in [-0.15, -0.1) is 0 Å². The lowest BCUT2D eigenvalue weighted by Crippen LogP contribution is -2.33. The molecule has 0 radical (unpaired) electrons. The number of nitrogens with one attached hydrogen (secondary N) is 1. The Labute approximate surface area is 141 Å². The molecular formula is C17H19NO5S. The van der Waals surface area contributed by atoms with Gasteiger partial charge in [0.15, 0.2) is 0 Å². The summed E-state index contributed by atoms with van der Waals surface area (Å²) < 4.78 is 36.7. The topological polar surface area (TPSA) is 81.7 Å². The minimum absolute atomic E-state index is 0.0613. The molecular weight excluding hydrogens is 330 g/mol. The van der Waals surface area contributed by atoms with Crippen LogP contribution >= 0.6 is 0 Å². The van der Waals surface area contributed by atoms with Crippen molar-refractivity contribution in [2.75, 3.05) is 0 Å². The molecule has 0 spiro atoms. The molecule has 0 saturated carbocycles. The number of ether oxygens (including phenoxy) is 2. The lowest BCUT2D eigenvalue weighted by molar-refractivity contribution is 0.131. The average molecular weight is 349 g/mol. The van der Waals surface area contributed by atoms with E-state index in [1.165, 1.54) is 24.3 Å².